The first-order valence-corrected chi connectivity index (χ1v) is 4.38. The number of halogens is 2. The molecular weight excluding hydrogens is 237 g/mol. The lowest BCUT2D eigenvalue weighted by Crippen LogP contribution is -1.99. The molecule has 1 aromatic carbocycles. The number of aliphatic hydroxyl groups excluding tert-OH is 1. The van der Waals surface area contributed by atoms with Crippen molar-refractivity contribution in [3.05, 3.63) is 33.5 Å². The first-order chi connectivity index (χ1) is 6.06. The molecule has 4 heteroatoms. The molecule has 0 heterocycles. The van der Waals surface area contributed by atoms with Gasteiger partial charge in [0.2, 0.25) is 0 Å². The Labute approximate surface area is 83.7 Å². The number of benzene rings is 1. The van der Waals surface area contributed by atoms with Crippen LogP contribution in [0.4, 0.5) is 4.39 Å². The van der Waals surface area contributed by atoms with Crippen molar-refractivity contribution in [2.45, 2.75) is 13.0 Å². The van der Waals surface area contributed by atoms with Gasteiger partial charge in [-0.3, -0.25) is 0 Å². The van der Waals surface area contributed by atoms with Gasteiger partial charge < -0.3 is 5.11 Å². The molecule has 0 aliphatic heterocycles. The van der Waals surface area contributed by atoms with Gasteiger partial charge in [-0.15, -0.1) is 0 Å². The van der Waals surface area contributed by atoms with Crippen LogP contribution in [0.5, 0.6) is 0 Å². The lowest BCUT2D eigenvalue weighted by Gasteiger charge is -2.07. The molecule has 2 nitrogen and oxygen atoms in total. The highest BCUT2D eigenvalue weighted by Crippen LogP contribution is 2.24. The summed E-state index contributed by atoms with van der Waals surface area (Å²) in [5.74, 6) is -0.530. The molecule has 1 aromatic rings. The van der Waals surface area contributed by atoms with Crippen LogP contribution in [0.25, 0.3) is 0 Å². The Kier molecular flexibility index (Phi) is 3.02. The van der Waals surface area contributed by atoms with Crippen LogP contribution in [0, 0.1) is 24.1 Å². The zero-order valence-electron chi connectivity index (χ0n) is 6.88. The van der Waals surface area contributed by atoms with E-state index in [9.17, 15) is 4.39 Å². The van der Waals surface area contributed by atoms with Gasteiger partial charge in [0.25, 0.3) is 0 Å². The summed E-state index contributed by atoms with van der Waals surface area (Å²) in [6.45, 7) is 1.58. The Morgan fingerprint density at radius 2 is 2.23 bits per heavy atom. The number of rotatable bonds is 1. The summed E-state index contributed by atoms with van der Waals surface area (Å²) < 4.78 is 13.9. The number of aliphatic hydroxyl groups is 1. The second-order valence-electron chi connectivity index (χ2n) is 2.66. The first kappa shape index (κ1) is 10.2. The van der Waals surface area contributed by atoms with Crippen molar-refractivity contribution in [3.63, 3.8) is 0 Å². The van der Waals surface area contributed by atoms with E-state index in [0.717, 1.165) is 0 Å². The van der Waals surface area contributed by atoms with Crippen LogP contribution in [0.3, 0.4) is 0 Å². The SMILES string of the molecule is Cc1cc(Br)cc(C(O)C#N)c1F. The molecule has 0 amide bonds. The van der Waals surface area contributed by atoms with Gasteiger partial charge in [0.15, 0.2) is 6.10 Å². The van der Waals surface area contributed by atoms with Gasteiger partial charge in [-0.2, -0.15) is 5.26 Å². The van der Waals surface area contributed by atoms with Gasteiger partial charge in [-0.05, 0) is 24.6 Å². The highest BCUT2D eigenvalue weighted by molar-refractivity contribution is 9.10. The lowest BCUT2D eigenvalue weighted by molar-refractivity contribution is 0.230. The summed E-state index contributed by atoms with van der Waals surface area (Å²) in [5, 5.41) is 17.5. The lowest BCUT2D eigenvalue weighted by atomic mass is 10.1. The maximum absolute atomic E-state index is 13.3. The van der Waals surface area contributed by atoms with Crippen molar-refractivity contribution >= 4 is 15.9 Å². The van der Waals surface area contributed by atoms with Crippen LogP contribution < -0.4 is 0 Å². The van der Waals surface area contributed by atoms with Gasteiger partial charge in [0, 0.05) is 10.0 Å². The number of hydrogen-bond acceptors (Lipinski definition) is 2. The van der Waals surface area contributed by atoms with Gasteiger partial charge in [-0.1, -0.05) is 15.9 Å². The fraction of sp³-hybridized carbons (Fsp3) is 0.222. The highest BCUT2D eigenvalue weighted by Gasteiger charge is 2.14. The third kappa shape index (κ3) is 2.06. The van der Waals surface area contributed by atoms with Crippen molar-refractivity contribution in [3.8, 4) is 6.07 Å². The van der Waals surface area contributed by atoms with Gasteiger partial charge in [0.05, 0.1) is 6.07 Å². The summed E-state index contributed by atoms with van der Waals surface area (Å²) in [7, 11) is 0. The summed E-state index contributed by atoms with van der Waals surface area (Å²) >= 11 is 3.16. The molecule has 0 spiro atoms. The standard InChI is InChI=1S/C9H7BrFNO/c1-5-2-6(10)3-7(9(5)11)8(13)4-12/h2-3,8,13H,1H3. The Morgan fingerprint density at radius 1 is 1.62 bits per heavy atom. The molecule has 0 aliphatic rings. The van der Waals surface area contributed by atoms with E-state index in [0.29, 0.717) is 10.0 Å². The fourth-order valence-electron chi connectivity index (χ4n) is 1.02. The number of aryl methyl sites for hydroxylation is 1. The maximum atomic E-state index is 13.3. The smallest absolute Gasteiger partial charge is 0.168 e. The topological polar surface area (TPSA) is 44.0 Å². The largest absolute Gasteiger partial charge is 0.374 e. The molecule has 0 bridgehead atoms. The average Bonchev–Trinajstić information content (AvgIpc) is 2.10. The number of nitrogens with zero attached hydrogens (tertiary/aromatic N) is 1. The zero-order valence-corrected chi connectivity index (χ0v) is 8.47. The molecule has 0 aromatic heterocycles. The van der Waals surface area contributed by atoms with E-state index in [-0.39, 0.29) is 5.56 Å². The molecule has 0 fully saturated rings. The first-order valence-electron chi connectivity index (χ1n) is 3.59. The highest BCUT2D eigenvalue weighted by atomic mass is 79.9. The van der Waals surface area contributed by atoms with Crippen LogP contribution in [-0.4, -0.2) is 5.11 Å². The Hall–Kier alpha value is -0.920. The molecule has 0 radical (unpaired) electrons. The number of hydrogen-bond donors (Lipinski definition) is 1. The minimum absolute atomic E-state index is 0.00868. The van der Waals surface area contributed by atoms with E-state index in [1.165, 1.54) is 6.07 Å². The summed E-state index contributed by atoms with van der Waals surface area (Å²) in [4.78, 5) is 0. The van der Waals surface area contributed by atoms with Crippen molar-refractivity contribution in [2.75, 3.05) is 0 Å². The quantitative estimate of drug-likeness (QED) is 0.771. The molecule has 1 atom stereocenters. The molecule has 1 N–H and O–H groups in total. The minimum atomic E-state index is -1.41. The average molecular weight is 244 g/mol. The predicted octanol–water partition coefficient (Wildman–Crippen LogP) is 2.45. The zero-order chi connectivity index (χ0) is 10.0. The number of nitriles is 1. The summed E-state index contributed by atoms with van der Waals surface area (Å²) in [5.41, 5.74) is 0.410. The molecule has 0 saturated carbocycles. The molecule has 1 unspecified atom stereocenters. The van der Waals surface area contributed by atoms with Gasteiger partial charge in [0.1, 0.15) is 5.82 Å². The second kappa shape index (κ2) is 3.86. The summed E-state index contributed by atoms with van der Waals surface area (Å²) in [6, 6.07) is 4.56. The minimum Gasteiger partial charge on any atom is -0.374 e. The Bertz CT molecular complexity index is 373. The van der Waals surface area contributed by atoms with E-state index in [1.807, 2.05) is 0 Å². The van der Waals surface area contributed by atoms with Crippen molar-refractivity contribution in [1.82, 2.24) is 0 Å². The summed E-state index contributed by atoms with van der Waals surface area (Å²) in [6.07, 6.45) is -1.41. The molecule has 68 valence electrons. The molecular formula is C9H7BrFNO. The van der Waals surface area contributed by atoms with Gasteiger partial charge >= 0.3 is 0 Å². The normalized spacial score (nSPS) is 12.2. The van der Waals surface area contributed by atoms with Crippen LogP contribution >= 0.6 is 15.9 Å². The van der Waals surface area contributed by atoms with Crippen LogP contribution in [0.1, 0.15) is 17.2 Å². The third-order valence-electron chi connectivity index (χ3n) is 1.66. The van der Waals surface area contributed by atoms with Gasteiger partial charge in [-0.25, -0.2) is 4.39 Å². The predicted molar refractivity (Wildman–Crippen MR) is 49.4 cm³/mol. The Morgan fingerprint density at radius 3 is 2.77 bits per heavy atom. The monoisotopic (exact) mass is 243 g/mol. The Balaban J connectivity index is 3.30. The maximum Gasteiger partial charge on any atom is 0.168 e. The molecule has 0 aliphatic carbocycles. The van der Waals surface area contributed by atoms with Crippen LogP contribution in [0.15, 0.2) is 16.6 Å². The van der Waals surface area contributed by atoms with Crippen LogP contribution in [-0.2, 0) is 0 Å². The van der Waals surface area contributed by atoms with Crippen molar-refractivity contribution in [1.29, 1.82) is 5.26 Å². The van der Waals surface area contributed by atoms with Crippen LogP contribution in [0.2, 0.25) is 0 Å². The third-order valence-corrected chi connectivity index (χ3v) is 2.12. The second-order valence-corrected chi connectivity index (χ2v) is 3.57. The fourth-order valence-corrected chi connectivity index (χ4v) is 1.61. The van der Waals surface area contributed by atoms with Crippen molar-refractivity contribution in [2.24, 2.45) is 0 Å². The van der Waals surface area contributed by atoms with E-state index in [2.05, 4.69) is 15.9 Å². The van der Waals surface area contributed by atoms with E-state index < -0.39 is 11.9 Å². The molecule has 13 heavy (non-hydrogen) atoms. The molecule has 0 saturated heterocycles. The molecule has 1 rings (SSSR count). The van der Waals surface area contributed by atoms with Crippen molar-refractivity contribution < 1.29 is 9.50 Å². The van der Waals surface area contributed by atoms with E-state index in [4.69, 9.17) is 10.4 Å². The van der Waals surface area contributed by atoms with E-state index in [1.54, 1.807) is 19.1 Å². The van der Waals surface area contributed by atoms with E-state index >= 15 is 0 Å².